The number of benzene rings is 2. The lowest BCUT2D eigenvalue weighted by Crippen LogP contribution is -2.45. The number of aromatic nitrogens is 2. The number of amides is 2. The molecule has 0 aliphatic carbocycles. The van der Waals surface area contributed by atoms with Gasteiger partial charge in [0.2, 0.25) is 11.8 Å². The van der Waals surface area contributed by atoms with Crippen LogP contribution in [0.4, 0.5) is 5.69 Å². The van der Waals surface area contributed by atoms with Crippen LogP contribution in [0.1, 0.15) is 25.8 Å². The number of anilines is 1. The Hall–Kier alpha value is -3.59. The van der Waals surface area contributed by atoms with Gasteiger partial charge in [0.25, 0.3) is 5.56 Å². The third-order valence-corrected chi connectivity index (χ3v) is 5.94. The van der Waals surface area contributed by atoms with E-state index in [1.165, 1.54) is 11.7 Å². The Morgan fingerprint density at radius 1 is 1.06 bits per heavy atom. The molecule has 186 valence electrons. The molecule has 2 aromatic carbocycles. The molecule has 0 radical (unpaired) electrons. The van der Waals surface area contributed by atoms with Gasteiger partial charge in [-0.1, -0.05) is 37.6 Å². The Morgan fingerprint density at radius 2 is 1.74 bits per heavy atom. The van der Waals surface area contributed by atoms with Crippen LogP contribution in [0.25, 0.3) is 10.9 Å². The van der Waals surface area contributed by atoms with Crippen LogP contribution in [0.5, 0.6) is 5.75 Å². The lowest BCUT2D eigenvalue weighted by molar-refractivity contribution is -0.121. The number of para-hydroxylation sites is 1. The van der Waals surface area contributed by atoms with E-state index in [1.54, 1.807) is 36.4 Å². The molecule has 35 heavy (non-hydrogen) atoms. The van der Waals surface area contributed by atoms with Gasteiger partial charge in [-0.3, -0.25) is 23.5 Å². The highest BCUT2D eigenvalue weighted by Crippen LogP contribution is 2.30. The van der Waals surface area contributed by atoms with Gasteiger partial charge in [0.1, 0.15) is 18.8 Å². The monoisotopic (exact) mass is 500 g/mol. The zero-order valence-corrected chi connectivity index (χ0v) is 20.9. The molecule has 0 atom stereocenters. The number of ether oxygens (including phenoxy) is 1. The zero-order chi connectivity index (χ0) is 25.7. The van der Waals surface area contributed by atoms with Gasteiger partial charge >= 0.3 is 5.69 Å². The third-order valence-electron chi connectivity index (χ3n) is 5.53. The van der Waals surface area contributed by atoms with Crippen molar-refractivity contribution in [2.45, 2.75) is 40.3 Å². The van der Waals surface area contributed by atoms with Gasteiger partial charge in [-0.25, -0.2) is 4.79 Å². The smallest absolute Gasteiger partial charge is 0.332 e. The molecular formula is C25H29ClN4O5. The molecule has 3 rings (SSSR count). The van der Waals surface area contributed by atoms with Crippen molar-refractivity contribution in [3.63, 3.8) is 0 Å². The summed E-state index contributed by atoms with van der Waals surface area (Å²) in [5.74, 6) is -0.158. The Labute approximate surface area is 207 Å². The molecule has 0 unspecified atom stereocenters. The molecule has 3 aromatic rings. The van der Waals surface area contributed by atoms with E-state index in [9.17, 15) is 19.2 Å². The fraction of sp³-hybridized carbons (Fsp3) is 0.360. The number of hydrogen-bond donors (Lipinski definition) is 2. The average molecular weight is 501 g/mol. The van der Waals surface area contributed by atoms with Crippen molar-refractivity contribution in [1.29, 1.82) is 0 Å². The highest BCUT2D eigenvalue weighted by atomic mass is 35.5. The highest BCUT2D eigenvalue weighted by Gasteiger charge is 2.18. The Bertz CT molecular complexity index is 1380. The summed E-state index contributed by atoms with van der Waals surface area (Å²) in [5.41, 5.74) is 0.0822. The van der Waals surface area contributed by atoms with E-state index in [4.69, 9.17) is 16.3 Å². The fourth-order valence-electron chi connectivity index (χ4n) is 3.62. The summed E-state index contributed by atoms with van der Waals surface area (Å²) >= 11 is 6.19. The summed E-state index contributed by atoms with van der Waals surface area (Å²) in [7, 11) is 1.47. The first-order valence-corrected chi connectivity index (χ1v) is 11.6. The number of rotatable bonds is 9. The number of nitrogens with zero attached hydrogens (tertiary/aromatic N) is 2. The number of aryl methyl sites for hydroxylation is 1. The second-order valence-electron chi connectivity index (χ2n) is 8.66. The summed E-state index contributed by atoms with van der Waals surface area (Å²) in [5, 5.41) is 6.11. The van der Waals surface area contributed by atoms with Crippen molar-refractivity contribution in [3.05, 3.63) is 67.8 Å². The minimum atomic E-state index is -0.753. The van der Waals surface area contributed by atoms with E-state index >= 15 is 0 Å². The number of hydrogen-bond acceptors (Lipinski definition) is 5. The summed E-state index contributed by atoms with van der Waals surface area (Å²) in [6.07, 6.45) is 0.773. The molecule has 1 aromatic heterocycles. The highest BCUT2D eigenvalue weighted by molar-refractivity contribution is 6.31. The molecule has 0 bridgehead atoms. The zero-order valence-electron chi connectivity index (χ0n) is 20.2. The first-order chi connectivity index (χ1) is 16.6. The van der Waals surface area contributed by atoms with Crippen LogP contribution < -0.4 is 26.6 Å². The average Bonchev–Trinajstić information content (AvgIpc) is 2.81. The normalized spacial score (nSPS) is 11.0. The molecule has 0 spiro atoms. The quantitative estimate of drug-likeness (QED) is 0.469. The molecule has 0 aliphatic heterocycles. The van der Waals surface area contributed by atoms with Gasteiger partial charge in [0.15, 0.2) is 0 Å². The number of halogens is 1. The molecular weight excluding hydrogens is 472 g/mol. The summed E-state index contributed by atoms with van der Waals surface area (Å²) in [6, 6.07) is 9.73. The summed E-state index contributed by atoms with van der Waals surface area (Å²) in [4.78, 5) is 51.6. The molecule has 10 heteroatoms. The minimum absolute atomic E-state index is 0.228. The van der Waals surface area contributed by atoms with E-state index in [1.807, 2.05) is 20.8 Å². The van der Waals surface area contributed by atoms with Crippen LogP contribution in [0, 0.1) is 12.8 Å². The van der Waals surface area contributed by atoms with E-state index in [0.717, 1.165) is 16.6 Å². The van der Waals surface area contributed by atoms with E-state index < -0.39 is 29.6 Å². The molecule has 0 fully saturated rings. The van der Waals surface area contributed by atoms with Gasteiger partial charge in [-0.2, -0.15) is 0 Å². The molecule has 1 heterocycles. The summed E-state index contributed by atoms with van der Waals surface area (Å²) < 4.78 is 7.35. The van der Waals surface area contributed by atoms with Gasteiger partial charge in [-0.05, 0) is 49.1 Å². The Morgan fingerprint density at radius 3 is 2.43 bits per heavy atom. The first-order valence-electron chi connectivity index (χ1n) is 11.3. The first kappa shape index (κ1) is 26.0. The largest absolute Gasteiger partial charge is 0.495 e. The second-order valence-corrected chi connectivity index (χ2v) is 9.07. The van der Waals surface area contributed by atoms with Gasteiger partial charge in [0, 0.05) is 11.6 Å². The molecule has 0 aliphatic rings. The van der Waals surface area contributed by atoms with Crippen molar-refractivity contribution in [2.24, 2.45) is 5.92 Å². The van der Waals surface area contributed by atoms with Crippen LogP contribution in [0.15, 0.2) is 46.0 Å². The predicted octanol–water partition coefficient (Wildman–Crippen LogP) is 2.93. The van der Waals surface area contributed by atoms with Gasteiger partial charge in [0.05, 0.1) is 23.7 Å². The second kappa shape index (κ2) is 11.2. The lowest BCUT2D eigenvalue weighted by Gasteiger charge is -2.16. The Kier molecular flexibility index (Phi) is 8.34. The SMILES string of the molecule is COc1cc(C)c(Cl)cc1NC(=O)Cn1c(=O)n(CC(=O)NCCC(C)C)c(=O)c2ccccc21. The topological polar surface area (TPSA) is 111 Å². The van der Waals surface area contributed by atoms with E-state index in [2.05, 4.69) is 10.6 Å². The van der Waals surface area contributed by atoms with Crippen molar-refractivity contribution in [2.75, 3.05) is 19.0 Å². The van der Waals surface area contributed by atoms with Crippen LogP contribution in [0.2, 0.25) is 5.02 Å². The number of carbonyl (C=O) groups is 2. The molecule has 2 amide bonds. The standard InChI is InChI=1S/C25H29ClN4O5/c1-15(2)9-10-27-22(31)13-30-24(33)17-7-5-6-8-20(17)29(25(30)34)14-23(32)28-19-12-18(26)16(3)11-21(19)35-4/h5-8,11-12,15H,9-10,13-14H2,1-4H3,(H,27,31)(H,28,32). The maximum Gasteiger partial charge on any atom is 0.332 e. The number of nitrogens with one attached hydrogen (secondary N) is 2. The Balaban J connectivity index is 1.94. The van der Waals surface area contributed by atoms with Crippen molar-refractivity contribution >= 4 is 40.0 Å². The molecule has 0 saturated carbocycles. The van der Waals surface area contributed by atoms with Crippen molar-refractivity contribution in [1.82, 2.24) is 14.5 Å². The molecule has 9 nitrogen and oxygen atoms in total. The minimum Gasteiger partial charge on any atom is -0.495 e. The van der Waals surface area contributed by atoms with Crippen molar-refractivity contribution < 1.29 is 14.3 Å². The maximum atomic E-state index is 13.3. The maximum absolute atomic E-state index is 13.3. The number of carbonyl (C=O) groups excluding carboxylic acids is 2. The fourth-order valence-corrected chi connectivity index (χ4v) is 3.78. The van der Waals surface area contributed by atoms with Crippen LogP contribution in [-0.4, -0.2) is 34.6 Å². The number of methoxy groups -OCH3 is 1. The van der Waals surface area contributed by atoms with Gasteiger partial charge in [-0.15, -0.1) is 0 Å². The van der Waals surface area contributed by atoms with E-state index in [0.29, 0.717) is 34.4 Å². The third kappa shape index (κ3) is 6.10. The lowest BCUT2D eigenvalue weighted by atomic mass is 10.1. The van der Waals surface area contributed by atoms with Gasteiger partial charge < -0.3 is 15.4 Å². The van der Waals surface area contributed by atoms with E-state index in [-0.39, 0.29) is 11.9 Å². The molecule has 0 saturated heterocycles. The van der Waals surface area contributed by atoms with Crippen LogP contribution >= 0.6 is 11.6 Å². The summed E-state index contributed by atoms with van der Waals surface area (Å²) in [6.45, 7) is 5.49. The number of fused-ring (bicyclic) bond motifs is 1. The van der Waals surface area contributed by atoms with Crippen molar-refractivity contribution in [3.8, 4) is 5.75 Å². The molecule has 2 N–H and O–H groups in total. The predicted molar refractivity (Wildman–Crippen MR) is 136 cm³/mol. The van der Waals surface area contributed by atoms with Crippen LogP contribution in [0.3, 0.4) is 0 Å². The van der Waals surface area contributed by atoms with Crippen LogP contribution in [-0.2, 0) is 22.7 Å².